The van der Waals surface area contributed by atoms with Crippen molar-refractivity contribution in [3.63, 3.8) is 0 Å². The fourth-order valence-electron chi connectivity index (χ4n) is 3.68. The van der Waals surface area contributed by atoms with Crippen LogP contribution in [0.2, 0.25) is 0 Å². The molecule has 0 bridgehead atoms. The largest absolute Gasteiger partial charge is 0.417 e. The van der Waals surface area contributed by atoms with E-state index in [1.54, 1.807) is 6.92 Å². The zero-order valence-electron chi connectivity index (χ0n) is 17.5. The Morgan fingerprint density at radius 3 is 2.37 bits per heavy atom. The number of aromatic nitrogens is 1. The van der Waals surface area contributed by atoms with E-state index < -0.39 is 17.3 Å². The lowest BCUT2D eigenvalue weighted by molar-refractivity contribution is -0.137. The van der Waals surface area contributed by atoms with Crippen molar-refractivity contribution in [3.05, 3.63) is 23.9 Å². The molecular formula is C20H28F3N5O2. The summed E-state index contributed by atoms with van der Waals surface area (Å²) in [5, 5.41) is 2.83. The molecule has 2 fully saturated rings. The Bertz CT molecular complexity index is 776. The van der Waals surface area contributed by atoms with Crippen LogP contribution in [-0.4, -0.2) is 65.1 Å². The average molecular weight is 427 g/mol. The first kappa shape index (κ1) is 22.3. The number of pyridine rings is 1. The number of carbonyl (C=O) groups excluding carboxylic acids is 2. The summed E-state index contributed by atoms with van der Waals surface area (Å²) in [7, 11) is 0. The summed E-state index contributed by atoms with van der Waals surface area (Å²) in [5.41, 5.74) is -1.64. The van der Waals surface area contributed by atoms with Gasteiger partial charge in [-0.05, 0) is 37.8 Å². The minimum atomic E-state index is -4.41. The first-order valence-corrected chi connectivity index (χ1v) is 10.1. The molecule has 3 heterocycles. The Balaban J connectivity index is 1.54. The van der Waals surface area contributed by atoms with Crippen LogP contribution < -0.4 is 10.2 Å². The number of imide groups is 1. The van der Waals surface area contributed by atoms with Gasteiger partial charge in [0.2, 0.25) is 0 Å². The Morgan fingerprint density at radius 2 is 1.83 bits per heavy atom. The number of nitrogens with zero attached hydrogens (tertiary/aromatic N) is 4. The van der Waals surface area contributed by atoms with Gasteiger partial charge in [0.1, 0.15) is 11.4 Å². The van der Waals surface area contributed by atoms with Gasteiger partial charge in [-0.2, -0.15) is 13.2 Å². The van der Waals surface area contributed by atoms with Crippen LogP contribution in [-0.2, 0) is 11.0 Å². The third kappa shape index (κ3) is 4.85. The number of hydrogen-bond acceptors (Lipinski definition) is 5. The molecular weight excluding hydrogens is 399 g/mol. The first-order valence-electron chi connectivity index (χ1n) is 10.1. The normalized spacial score (nSPS) is 23.4. The lowest BCUT2D eigenvalue weighted by atomic mass is 9.92. The molecule has 0 aliphatic carbocycles. The van der Waals surface area contributed by atoms with Crippen LogP contribution in [0.4, 0.5) is 23.8 Å². The summed E-state index contributed by atoms with van der Waals surface area (Å²) >= 11 is 0. The highest BCUT2D eigenvalue weighted by Crippen LogP contribution is 2.29. The molecule has 2 saturated heterocycles. The van der Waals surface area contributed by atoms with Crippen molar-refractivity contribution < 1.29 is 22.8 Å². The van der Waals surface area contributed by atoms with E-state index in [2.05, 4.69) is 24.1 Å². The molecule has 2 aliphatic heterocycles. The first-order chi connectivity index (χ1) is 14.0. The predicted molar refractivity (Wildman–Crippen MR) is 106 cm³/mol. The van der Waals surface area contributed by atoms with Gasteiger partial charge in [0.05, 0.1) is 12.2 Å². The maximum Gasteiger partial charge on any atom is 0.417 e. The van der Waals surface area contributed by atoms with Gasteiger partial charge in [-0.25, -0.2) is 14.7 Å². The van der Waals surface area contributed by atoms with E-state index in [-0.39, 0.29) is 18.6 Å². The number of urea groups is 1. The predicted octanol–water partition coefficient (Wildman–Crippen LogP) is 2.93. The van der Waals surface area contributed by atoms with Crippen LogP contribution in [0.1, 0.15) is 39.2 Å². The van der Waals surface area contributed by atoms with Crippen molar-refractivity contribution in [1.29, 1.82) is 0 Å². The highest BCUT2D eigenvalue weighted by Gasteiger charge is 2.47. The van der Waals surface area contributed by atoms with Crippen LogP contribution in [0.15, 0.2) is 18.3 Å². The molecule has 1 aromatic heterocycles. The molecule has 2 aliphatic rings. The minimum Gasteiger partial charge on any atom is -0.354 e. The van der Waals surface area contributed by atoms with E-state index >= 15 is 0 Å². The number of rotatable bonds is 6. The molecule has 3 amide bonds. The highest BCUT2D eigenvalue weighted by molar-refractivity contribution is 6.06. The van der Waals surface area contributed by atoms with E-state index in [0.717, 1.165) is 18.7 Å². The van der Waals surface area contributed by atoms with Crippen LogP contribution in [0.25, 0.3) is 0 Å². The van der Waals surface area contributed by atoms with Gasteiger partial charge in [-0.1, -0.05) is 13.8 Å². The molecule has 30 heavy (non-hydrogen) atoms. The van der Waals surface area contributed by atoms with Crippen molar-refractivity contribution in [2.45, 2.75) is 45.3 Å². The van der Waals surface area contributed by atoms with E-state index in [1.807, 2.05) is 9.80 Å². The highest BCUT2D eigenvalue weighted by atomic mass is 19.4. The Hall–Kier alpha value is -2.36. The smallest absolute Gasteiger partial charge is 0.354 e. The Kier molecular flexibility index (Phi) is 6.26. The molecule has 0 spiro atoms. The second-order valence-electron chi connectivity index (χ2n) is 8.58. The molecule has 166 valence electrons. The molecule has 0 aromatic carbocycles. The van der Waals surface area contributed by atoms with Gasteiger partial charge in [0.25, 0.3) is 5.91 Å². The lowest BCUT2D eigenvalue weighted by Gasteiger charge is -2.36. The van der Waals surface area contributed by atoms with Crippen molar-refractivity contribution in [2.75, 3.05) is 37.7 Å². The van der Waals surface area contributed by atoms with Gasteiger partial charge in [0, 0.05) is 32.4 Å². The molecule has 1 N–H and O–H groups in total. The van der Waals surface area contributed by atoms with Gasteiger partial charge < -0.3 is 10.2 Å². The monoisotopic (exact) mass is 427 g/mol. The van der Waals surface area contributed by atoms with Crippen LogP contribution in [0.3, 0.4) is 0 Å². The van der Waals surface area contributed by atoms with Crippen molar-refractivity contribution in [3.8, 4) is 0 Å². The number of carbonyl (C=O) groups is 2. The fourth-order valence-corrected chi connectivity index (χ4v) is 3.68. The summed E-state index contributed by atoms with van der Waals surface area (Å²) in [5.74, 6) is 0.714. The molecule has 0 radical (unpaired) electrons. The standard InChI is InChI=1S/C20H28F3N5O2/c1-14(2)6-7-19(3)17(29)28(18(30)25-19)13-26-8-10-27(11-9-26)16-5-4-15(12-24-16)20(21,22)23/h4-5,12,14H,6-11,13H2,1-3H3,(H,25,30)/t19-/m1/s1. The number of alkyl halides is 3. The summed E-state index contributed by atoms with van der Waals surface area (Å²) in [4.78, 5) is 34.3. The van der Waals surface area contributed by atoms with Crippen molar-refractivity contribution in [2.24, 2.45) is 5.92 Å². The molecule has 0 saturated carbocycles. The topological polar surface area (TPSA) is 68.8 Å². The molecule has 1 aromatic rings. The Morgan fingerprint density at radius 1 is 1.17 bits per heavy atom. The number of halogens is 3. The zero-order valence-corrected chi connectivity index (χ0v) is 17.5. The minimum absolute atomic E-state index is 0.205. The van der Waals surface area contributed by atoms with Crippen molar-refractivity contribution >= 4 is 17.8 Å². The second kappa shape index (κ2) is 8.41. The number of nitrogens with one attached hydrogen (secondary N) is 1. The molecule has 1 atom stereocenters. The number of amides is 3. The quantitative estimate of drug-likeness (QED) is 0.707. The maximum atomic E-state index is 12.8. The van der Waals surface area contributed by atoms with Crippen molar-refractivity contribution in [1.82, 2.24) is 20.1 Å². The lowest BCUT2D eigenvalue weighted by Crippen LogP contribution is -2.52. The summed E-state index contributed by atoms with van der Waals surface area (Å²) in [6, 6.07) is 2.02. The van der Waals surface area contributed by atoms with Gasteiger partial charge >= 0.3 is 12.2 Å². The van der Waals surface area contributed by atoms with E-state index in [1.165, 1.54) is 11.0 Å². The van der Waals surface area contributed by atoms with Gasteiger partial charge in [-0.15, -0.1) is 0 Å². The molecule has 7 nitrogen and oxygen atoms in total. The van der Waals surface area contributed by atoms with E-state index in [0.29, 0.717) is 44.3 Å². The SMILES string of the molecule is CC(C)CC[C@@]1(C)NC(=O)N(CN2CCN(c3ccc(C(F)(F)F)cn3)CC2)C1=O. The third-order valence-corrected chi connectivity index (χ3v) is 5.68. The van der Waals surface area contributed by atoms with Crippen LogP contribution >= 0.6 is 0 Å². The fraction of sp³-hybridized carbons (Fsp3) is 0.650. The second-order valence-corrected chi connectivity index (χ2v) is 8.58. The third-order valence-electron chi connectivity index (χ3n) is 5.68. The molecule has 3 rings (SSSR count). The number of anilines is 1. The van der Waals surface area contributed by atoms with Crippen LogP contribution in [0, 0.1) is 5.92 Å². The number of piperazine rings is 1. The summed E-state index contributed by atoms with van der Waals surface area (Å²) < 4.78 is 38.1. The van der Waals surface area contributed by atoms with Crippen LogP contribution in [0.5, 0.6) is 0 Å². The van der Waals surface area contributed by atoms with E-state index in [9.17, 15) is 22.8 Å². The molecule has 0 unspecified atom stereocenters. The number of hydrogen-bond donors (Lipinski definition) is 1. The Labute approximate surface area is 174 Å². The maximum absolute atomic E-state index is 12.8. The average Bonchev–Trinajstić information content (AvgIpc) is 2.90. The van der Waals surface area contributed by atoms with Gasteiger partial charge in [-0.3, -0.25) is 9.69 Å². The summed E-state index contributed by atoms with van der Waals surface area (Å²) in [6.45, 7) is 8.37. The zero-order chi connectivity index (χ0) is 22.1. The molecule has 10 heteroatoms. The summed E-state index contributed by atoms with van der Waals surface area (Å²) in [6.07, 6.45) is -2.13. The van der Waals surface area contributed by atoms with Gasteiger partial charge in [0.15, 0.2) is 0 Å². The van der Waals surface area contributed by atoms with E-state index in [4.69, 9.17) is 0 Å².